The SMILES string of the molecule is Cc1n[nH]c(C)c1S(=O)(=O)N(C)CC1CC1C. The molecule has 2 rings (SSSR count). The summed E-state index contributed by atoms with van der Waals surface area (Å²) in [6, 6.07) is 0. The topological polar surface area (TPSA) is 66.1 Å². The van der Waals surface area contributed by atoms with Gasteiger partial charge in [-0.3, -0.25) is 5.10 Å². The average Bonchev–Trinajstić information content (AvgIpc) is 2.79. The van der Waals surface area contributed by atoms with Gasteiger partial charge in [-0.05, 0) is 32.1 Å². The minimum Gasteiger partial charge on any atom is -0.281 e. The molecule has 0 aliphatic heterocycles. The van der Waals surface area contributed by atoms with Crippen LogP contribution in [-0.4, -0.2) is 36.5 Å². The van der Waals surface area contributed by atoms with Gasteiger partial charge < -0.3 is 0 Å². The minimum atomic E-state index is -3.40. The Morgan fingerprint density at radius 2 is 2.06 bits per heavy atom. The number of nitrogens with zero attached hydrogens (tertiary/aromatic N) is 2. The highest BCUT2D eigenvalue weighted by molar-refractivity contribution is 7.89. The van der Waals surface area contributed by atoms with Crippen LogP contribution < -0.4 is 0 Å². The molecule has 0 spiro atoms. The summed E-state index contributed by atoms with van der Waals surface area (Å²) in [5, 5.41) is 6.66. The molecule has 17 heavy (non-hydrogen) atoms. The summed E-state index contributed by atoms with van der Waals surface area (Å²) >= 11 is 0. The molecular weight excluding hydrogens is 238 g/mol. The minimum absolute atomic E-state index is 0.327. The van der Waals surface area contributed by atoms with Crippen LogP contribution in [-0.2, 0) is 10.0 Å². The number of sulfonamides is 1. The molecule has 2 unspecified atom stereocenters. The third-order valence-corrected chi connectivity index (χ3v) is 5.58. The average molecular weight is 257 g/mol. The van der Waals surface area contributed by atoms with Gasteiger partial charge in [-0.15, -0.1) is 0 Å². The molecule has 1 fully saturated rings. The van der Waals surface area contributed by atoms with Crippen molar-refractivity contribution in [1.29, 1.82) is 0 Å². The van der Waals surface area contributed by atoms with Gasteiger partial charge in [-0.1, -0.05) is 6.92 Å². The molecule has 96 valence electrons. The van der Waals surface area contributed by atoms with E-state index in [-0.39, 0.29) is 0 Å². The number of rotatable bonds is 4. The van der Waals surface area contributed by atoms with Gasteiger partial charge in [0.2, 0.25) is 10.0 Å². The molecule has 0 radical (unpaired) electrons. The number of aryl methyl sites for hydroxylation is 2. The van der Waals surface area contributed by atoms with Crippen molar-refractivity contribution >= 4 is 10.0 Å². The molecule has 1 saturated carbocycles. The molecule has 0 aromatic carbocycles. The monoisotopic (exact) mass is 257 g/mol. The summed E-state index contributed by atoms with van der Waals surface area (Å²) in [6.07, 6.45) is 1.13. The van der Waals surface area contributed by atoms with Crippen molar-refractivity contribution in [2.24, 2.45) is 11.8 Å². The quantitative estimate of drug-likeness (QED) is 0.884. The van der Waals surface area contributed by atoms with Crippen molar-refractivity contribution in [2.75, 3.05) is 13.6 Å². The molecule has 1 aliphatic carbocycles. The van der Waals surface area contributed by atoms with E-state index in [1.54, 1.807) is 20.9 Å². The van der Waals surface area contributed by atoms with Gasteiger partial charge >= 0.3 is 0 Å². The molecule has 5 nitrogen and oxygen atoms in total. The molecule has 1 aliphatic rings. The van der Waals surface area contributed by atoms with E-state index in [9.17, 15) is 8.42 Å². The Morgan fingerprint density at radius 3 is 2.47 bits per heavy atom. The molecule has 1 N–H and O–H groups in total. The van der Waals surface area contributed by atoms with Crippen LogP contribution in [0.2, 0.25) is 0 Å². The van der Waals surface area contributed by atoms with Gasteiger partial charge in [0, 0.05) is 13.6 Å². The summed E-state index contributed by atoms with van der Waals surface area (Å²) in [5.41, 5.74) is 1.15. The number of nitrogens with one attached hydrogen (secondary N) is 1. The second kappa shape index (κ2) is 4.10. The highest BCUT2D eigenvalue weighted by atomic mass is 32.2. The van der Waals surface area contributed by atoms with E-state index in [0.29, 0.717) is 34.7 Å². The van der Waals surface area contributed by atoms with E-state index in [1.807, 2.05) is 0 Å². The number of hydrogen-bond donors (Lipinski definition) is 1. The standard InChI is InChI=1S/C11H19N3O2S/c1-7-5-10(7)6-14(4)17(15,16)11-8(2)12-13-9(11)3/h7,10H,5-6H2,1-4H3,(H,12,13). The van der Waals surface area contributed by atoms with E-state index >= 15 is 0 Å². The second-order valence-corrected chi connectivity index (χ2v) is 7.00. The lowest BCUT2D eigenvalue weighted by atomic mass is 10.3. The summed E-state index contributed by atoms with van der Waals surface area (Å²) in [6.45, 7) is 6.21. The first-order valence-corrected chi connectivity index (χ1v) is 7.26. The smallest absolute Gasteiger partial charge is 0.246 e. The number of hydrogen-bond acceptors (Lipinski definition) is 3. The van der Waals surface area contributed by atoms with Crippen LogP contribution in [0.15, 0.2) is 4.90 Å². The van der Waals surface area contributed by atoms with Crippen LogP contribution in [0.1, 0.15) is 24.7 Å². The molecular formula is C11H19N3O2S. The van der Waals surface area contributed by atoms with E-state index in [4.69, 9.17) is 0 Å². The van der Waals surface area contributed by atoms with Crippen LogP contribution in [0.3, 0.4) is 0 Å². The predicted octanol–water partition coefficient (Wildman–Crippen LogP) is 1.30. The third-order valence-electron chi connectivity index (χ3n) is 3.50. The fourth-order valence-electron chi connectivity index (χ4n) is 2.16. The van der Waals surface area contributed by atoms with Crippen LogP contribution >= 0.6 is 0 Å². The van der Waals surface area contributed by atoms with Crippen LogP contribution in [0.5, 0.6) is 0 Å². The third kappa shape index (κ3) is 2.24. The van der Waals surface area contributed by atoms with Crippen LogP contribution in [0, 0.1) is 25.7 Å². The van der Waals surface area contributed by atoms with Crippen LogP contribution in [0.25, 0.3) is 0 Å². The lowest BCUT2D eigenvalue weighted by Gasteiger charge is -2.17. The molecule has 1 aromatic rings. The molecule has 2 atom stereocenters. The Hall–Kier alpha value is -0.880. The van der Waals surface area contributed by atoms with E-state index < -0.39 is 10.0 Å². The van der Waals surface area contributed by atoms with Crippen molar-refractivity contribution in [3.8, 4) is 0 Å². The normalized spacial score (nSPS) is 24.3. The number of aromatic amines is 1. The van der Waals surface area contributed by atoms with Crippen molar-refractivity contribution in [3.05, 3.63) is 11.4 Å². The highest BCUT2D eigenvalue weighted by Crippen LogP contribution is 2.38. The second-order valence-electron chi connectivity index (χ2n) is 5.02. The van der Waals surface area contributed by atoms with Gasteiger partial charge in [0.25, 0.3) is 0 Å². The Labute approximate surface area is 102 Å². The Bertz CT molecular complexity index is 501. The molecule has 6 heteroatoms. The molecule has 1 heterocycles. The number of aromatic nitrogens is 2. The van der Waals surface area contributed by atoms with Crippen LogP contribution in [0.4, 0.5) is 0 Å². The fourth-order valence-corrected chi connectivity index (χ4v) is 3.71. The molecule has 1 aromatic heterocycles. The lowest BCUT2D eigenvalue weighted by molar-refractivity contribution is 0.444. The van der Waals surface area contributed by atoms with Crippen molar-refractivity contribution < 1.29 is 8.42 Å². The maximum Gasteiger partial charge on any atom is 0.246 e. The first-order valence-electron chi connectivity index (χ1n) is 5.82. The zero-order chi connectivity index (χ0) is 12.8. The lowest BCUT2D eigenvalue weighted by Crippen LogP contribution is -2.30. The van der Waals surface area contributed by atoms with Gasteiger partial charge in [-0.25, -0.2) is 12.7 Å². The molecule has 0 amide bonds. The Balaban J connectivity index is 2.24. The summed E-state index contributed by atoms with van der Waals surface area (Å²) in [7, 11) is -1.75. The van der Waals surface area contributed by atoms with E-state index in [0.717, 1.165) is 6.42 Å². The largest absolute Gasteiger partial charge is 0.281 e. The first-order chi connectivity index (χ1) is 7.84. The highest BCUT2D eigenvalue weighted by Gasteiger charge is 2.37. The zero-order valence-electron chi connectivity index (χ0n) is 10.7. The Kier molecular flexibility index (Phi) is 3.03. The summed E-state index contributed by atoms with van der Waals surface area (Å²) in [5.74, 6) is 1.17. The van der Waals surface area contributed by atoms with E-state index in [2.05, 4.69) is 17.1 Å². The van der Waals surface area contributed by atoms with Gasteiger partial charge in [-0.2, -0.15) is 5.10 Å². The van der Waals surface area contributed by atoms with Crippen molar-refractivity contribution in [2.45, 2.75) is 32.1 Å². The number of H-pyrrole nitrogens is 1. The fraction of sp³-hybridized carbons (Fsp3) is 0.727. The maximum absolute atomic E-state index is 12.4. The summed E-state index contributed by atoms with van der Waals surface area (Å²) in [4.78, 5) is 0.327. The molecule has 0 saturated heterocycles. The predicted molar refractivity (Wildman–Crippen MR) is 65.1 cm³/mol. The molecule has 0 bridgehead atoms. The van der Waals surface area contributed by atoms with Gasteiger partial charge in [0.05, 0.1) is 11.4 Å². The maximum atomic E-state index is 12.4. The summed E-state index contributed by atoms with van der Waals surface area (Å²) < 4.78 is 26.2. The van der Waals surface area contributed by atoms with Gasteiger partial charge in [0.1, 0.15) is 4.90 Å². The first kappa shape index (κ1) is 12.6. The van der Waals surface area contributed by atoms with Gasteiger partial charge in [0.15, 0.2) is 0 Å². The van der Waals surface area contributed by atoms with Crippen molar-refractivity contribution in [1.82, 2.24) is 14.5 Å². The Morgan fingerprint density at radius 1 is 1.47 bits per heavy atom. The van der Waals surface area contributed by atoms with E-state index in [1.165, 1.54) is 4.31 Å². The zero-order valence-corrected chi connectivity index (χ0v) is 11.5. The van der Waals surface area contributed by atoms with Crippen molar-refractivity contribution in [3.63, 3.8) is 0 Å².